The molecule has 2 aromatic carbocycles. The second-order valence-corrected chi connectivity index (χ2v) is 13.8. The minimum atomic E-state index is 0.240. The van der Waals surface area contributed by atoms with E-state index in [-0.39, 0.29) is 11.8 Å². The number of hydrogen-bond donors (Lipinski definition) is 0. The lowest BCUT2D eigenvalue weighted by molar-refractivity contribution is 0.787. The SMILES string of the molecule is C=C/C=C\C=C/C.C=C\C=C(/C=C(C)/C1=C/CC(c2ccccc2)C(/C=C\C)=C(/C=C)C(C)/C=C\1)c1ccc2c(/C=C\C)c(C=C)sc2c1.CC.CC.CCCC. The zero-order valence-corrected chi connectivity index (χ0v) is 38.3. The number of unbranched alkanes of at least 4 members (excludes halogenated alkanes) is 1. The maximum absolute atomic E-state index is 4.21. The molecule has 0 aliphatic heterocycles. The highest BCUT2D eigenvalue weighted by atomic mass is 32.1. The Bertz CT molecular complexity index is 1910. The standard InChI is InChI=1S/C41H42S.C7H10.C4H10.2C2H6/c1-8-16-33(34-24-26-39-38(18-10-3)40(12-5)42-41(39)28-34)27-30(7)31-22-21-29(6)35(11-4)37(17-9-2)36(25-23-31)32-19-14-13-15-20-32;1-3-5-7-6-4-2;1-3-4-2;2*1-2/h8-24,26-29,36H,1,4-5,25H2,2-3,6-7H3;3-7H,1H2,2H3;3-4H2,1-2H3;2*1-2H3/b17-9-,18-10-,22-21-,30-27+,31-23+,33-16+,37-35-;6-4-,7-5-;;;. The summed E-state index contributed by atoms with van der Waals surface area (Å²) in [5.74, 6) is 0.486. The molecule has 0 nitrogen and oxygen atoms in total. The quantitative estimate of drug-likeness (QED) is 0.161. The molecule has 1 aliphatic rings. The molecule has 2 unspecified atom stereocenters. The van der Waals surface area contributed by atoms with Crippen LogP contribution in [0.25, 0.3) is 27.8 Å². The largest absolute Gasteiger partial charge is 0.135 e. The van der Waals surface area contributed by atoms with Gasteiger partial charge in [0.25, 0.3) is 0 Å². The zero-order chi connectivity index (χ0) is 43.0. The summed E-state index contributed by atoms with van der Waals surface area (Å²) in [7, 11) is 0. The molecule has 0 saturated heterocycles. The van der Waals surface area contributed by atoms with Crippen molar-refractivity contribution in [1.82, 2.24) is 0 Å². The van der Waals surface area contributed by atoms with Crippen molar-refractivity contribution in [2.75, 3.05) is 0 Å². The number of allylic oxidation sites excluding steroid dienone is 20. The van der Waals surface area contributed by atoms with Crippen molar-refractivity contribution in [1.29, 1.82) is 0 Å². The Kier molecular flexibility index (Phi) is 29.3. The summed E-state index contributed by atoms with van der Waals surface area (Å²) in [5, 5.41) is 1.26. The van der Waals surface area contributed by atoms with Crippen LogP contribution in [-0.4, -0.2) is 0 Å². The average Bonchev–Trinajstić information content (AvgIpc) is 3.63. The molecule has 1 heterocycles. The van der Waals surface area contributed by atoms with Gasteiger partial charge in [-0.2, -0.15) is 0 Å². The molecule has 1 heteroatoms. The minimum absolute atomic E-state index is 0.240. The Balaban J connectivity index is 0.00000180. The van der Waals surface area contributed by atoms with Crippen molar-refractivity contribution in [3.8, 4) is 0 Å². The van der Waals surface area contributed by atoms with E-state index in [0.717, 1.165) is 12.0 Å². The van der Waals surface area contributed by atoms with Crippen LogP contribution in [0.5, 0.6) is 0 Å². The van der Waals surface area contributed by atoms with E-state index in [1.807, 2.05) is 77.2 Å². The fraction of sp³-hybridized carbons (Fsp3) is 0.286. The molecular weight excluding hydrogens is 705 g/mol. The Morgan fingerprint density at radius 2 is 1.44 bits per heavy atom. The van der Waals surface area contributed by atoms with E-state index in [1.165, 1.54) is 66.8 Å². The number of hydrogen-bond acceptors (Lipinski definition) is 1. The average molecular weight is 779 g/mol. The van der Waals surface area contributed by atoms with E-state index < -0.39 is 0 Å². The molecule has 0 N–H and O–H groups in total. The normalized spacial score (nSPS) is 18.6. The first kappa shape index (κ1) is 52.0. The molecular formula is C56H74S. The van der Waals surface area contributed by atoms with Gasteiger partial charge in [0, 0.05) is 20.9 Å². The Labute approximate surface area is 354 Å². The Hall–Kier alpha value is -4.98. The predicted molar refractivity (Wildman–Crippen MR) is 268 cm³/mol. The smallest absolute Gasteiger partial charge is 0.0361 e. The van der Waals surface area contributed by atoms with E-state index in [0.29, 0.717) is 0 Å². The Morgan fingerprint density at radius 1 is 0.772 bits per heavy atom. The molecule has 0 bridgehead atoms. The zero-order valence-electron chi connectivity index (χ0n) is 37.4. The predicted octanol–water partition coefficient (Wildman–Crippen LogP) is 18.6. The van der Waals surface area contributed by atoms with Gasteiger partial charge in [0.2, 0.25) is 0 Å². The van der Waals surface area contributed by atoms with Crippen molar-refractivity contribution < 1.29 is 0 Å². The second-order valence-electron chi connectivity index (χ2n) is 12.7. The molecule has 2 atom stereocenters. The van der Waals surface area contributed by atoms with Crippen LogP contribution in [0.2, 0.25) is 0 Å². The molecule has 57 heavy (non-hydrogen) atoms. The minimum Gasteiger partial charge on any atom is -0.135 e. The summed E-state index contributed by atoms with van der Waals surface area (Å²) in [6.45, 7) is 38.8. The molecule has 1 aliphatic carbocycles. The fourth-order valence-electron chi connectivity index (χ4n) is 5.97. The van der Waals surface area contributed by atoms with Crippen molar-refractivity contribution in [3.05, 3.63) is 210 Å². The van der Waals surface area contributed by atoms with Crippen molar-refractivity contribution in [2.24, 2.45) is 5.92 Å². The van der Waals surface area contributed by atoms with Crippen LogP contribution >= 0.6 is 11.3 Å². The highest BCUT2D eigenvalue weighted by Gasteiger charge is 2.20. The van der Waals surface area contributed by atoms with Gasteiger partial charge in [-0.25, -0.2) is 0 Å². The van der Waals surface area contributed by atoms with Crippen LogP contribution in [0.1, 0.15) is 123 Å². The van der Waals surface area contributed by atoms with E-state index in [1.54, 1.807) is 17.4 Å². The maximum atomic E-state index is 4.21. The van der Waals surface area contributed by atoms with E-state index in [4.69, 9.17) is 0 Å². The Morgan fingerprint density at radius 3 is 1.98 bits per heavy atom. The third-order valence-corrected chi connectivity index (χ3v) is 10.1. The first-order valence-corrected chi connectivity index (χ1v) is 21.8. The monoisotopic (exact) mass is 779 g/mol. The molecule has 304 valence electrons. The van der Waals surface area contributed by atoms with Crippen molar-refractivity contribution in [3.63, 3.8) is 0 Å². The van der Waals surface area contributed by atoms with Crippen LogP contribution < -0.4 is 0 Å². The van der Waals surface area contributed by atoms with Crippen LogP contribution in [-0.2, 0) is 0 Å². The van der Waals surface area contributed by atoms with Crippen molar-refractivity contribution in [2.45, 2.75) is 101 Å². The topological polar surface area (TPSA) is 0 Å². The summed E-state index contributed by atoms with van der Waals surface area (Å²) < 4.78 is 1.26. The number of benzene rings is 2. The second kappa shape index (κ2) is 32.1. The van der Waals surface area contributed by atoms with Gasteiger partial charge in [-0.3, -0.25) is 0 Å². The summed E-state index contributed by atoms with van der Waals surface area (Å²) >= 11 is 1.79. The summed E-state index contributed by atoms with van der Waals surface area (Å²) in [4.78, 5) is 1.20. The third-order valence-electron chi connectivity index (χ3n) is 8.89. The van der Waals surface area contributed by atoms with Crippen LogP contribution in [0.3, 0.4) is 0 Å². The van der Waals surface area contributed by atoms with Gasteiger partial charge in [0.05, 0.1) is 0 Å². The van der Waals surface area contributed by atoms with Gasteiger partial charge in [0.1, 0.15) is 0 Å². The van der Waals surface area contributed by atoms with E-state index >= 15 is 0 Å². The lowest BCUT2D eigenvalue weighted by Crippen LogP contribution is -2.06. The molecule has 3 aromatic rings. The summed E-state index contributed by atoms with van der Waals surface area (Å²) in [6.07, 6.45) is 39.0. The molecule has 1 aromatic heterocycles. The maximum Gasteiger partial charge on any atom is 0.0361 e. The van der Waals surface area contributed by atoms with Gasteiger partial charge in [-0.15, -0.1) is 11.3 Å². The number of rotatable bonds is 12. The number of thiophene rings is 1. The number of fused-ring (bicyclic) bond motifs is 1. The van der Waals surface area contributed by atoms with Crippen molar-refractivity contribution >= 4 is 39.1 Å². The van der Waals surface area contributed by atoms with Crippen LogP contribution in [0, 0.1) is 5.92 Å². The third kappa shape index (κ3) is 17.4. The van der Waals surface area contributed by atoms with Gasteiger partial charge >= 0.3 is 0 Å². The van der Waals surface area contributed by atoms with E-state index in [2.05, 4.69) is 171 Å². The summed E-state index contributed by atoms with van der Waals surface area (Å²) in [5.41, 5.74) is 9.97. The van der Waals surface area contributed by atoms with E-state index in [9.17, 15) is 0 Å². The molecule has 0 radical (unpaired) electrons. The van der Waals surface area contributed by atoms with Gasteiger partial charge < -0.3 is 0 Å². The first-order chi connectivity index (χ1) is 27.8. The first-order valence-electron chi connectivity index (χ1n) is 20.9. The molecule has 0 spiro atoms. The fourth-order valence-corrected chi connectivity index (χ4v) is 7.06. The highest BCUT2D eigenvalue weighted by molar-refractivity contribution is 7.20. The van der Waals surface area contributed by atoms with Gasteiger partial charge in [0.15, 0.2) is 0 Å². The molecule has 4 rings (SSSR count). The van der Waals surface area contributed by atoms with Crippen LogP contribution in [0.15, 0.2) is 188 Å². The lowest BCUT2D eigenvalue weighted by Gasteiger charge is -2.22. The molecule has 0 fully saturated rings. The van der Waals surface area contributed by atoms with Crippen LogP contribution in [0.4, 0.5) is 0 Å². The summed E-state index contributed by atoms with van der Waals surface area (Å²) in [6, 6.07) is 17.6. The molecule has 0 amide bonds. The highest BCUT2D eigenvalue weighted by Crippen LogP contribution is 2.38. The van der Waals surface area contributed by atoms with Gasteiger partial charge in [-0.05, 0) is 90.7 Å². The lowest BCUT2D eigenvalue weighted by atomic mass is 9.82. The molecule has 0 saturated carbocycles. The van der Waals surface area contributed by atoms with Gasteiger partial charge in [-0.1, -0.05) is 233 Å².